The van der Waals surface area contributed by atoms with Crippen molar-refractivity contribution in [2.45, 2.75) is 25.4 Å². The fraction of sp³-hybridized carbons (Fsp3) is 0.353. The Bertz CT molecular complexity index is 672. The maximum Gasteiger partial charge on any atom is 0.315 e. The summed E-state index contributed by atoms with van der Waals surface area (Å²) in [6.07, 6.45) is 6.53. The SMILES string of the molecule is O=C(NCCCn1ccnc1)NC1CC(=O)N(c2ccccc2)C1. The average molecular weight is 327 g/mol. The van der Waals surface area contributed by atoms with Crippen molar-refractivity contribution < 1.29 is 9.59 Å². The molecule has 7 nitrogen and oxygen atoms in total. The van der Waals surface area contributed by atoms with E-state index in [2.05, 4.69) is 15.6 Å². The summed E-state index contributed by atoms with van der Waals surface area (Å²) in [7, 11) is 0. The average Bonchev–Trinajstić information content (AvgIpc) is 3.22. The lowest BCUT2D eigenvalue weighted by molar-refractivity contribution is -0.117. The number of aryl methyl sites for hydroxylation is 1. The number of carbonyl (C=O) groups excluding carboxylic acids is 2. The van der Waals surface area contributed by atoms with Crippen LogP contribution in [0.25, 0.3) is 0 Å². The first-order valence-corrected chi connectivity index (χ1v) is 8.08. The Kier molecular flexibility index (Phi) is 5.10. The van der Waals surface area contributed by atoms with Crippen LogP contribution in [0.2, 0.25) is 0 Å². The summed E-state index contributed by atoms with van der Waals surface area (Å²) >= 11 is 0. The number of hydrogen-bond donors (Lipinski definition) is 2. The second-order valence-electron chi connectivity index (χ2n) is 5.80. The van der Waals surface area contributed by atoms with Gasteiger partial charge in [-0.05, 0) is 18.6 Å². The fourth-order valence-corrected chi connectivity index (χ4v) is 2.78. The van der Waals surface area contributed by atoms with E-state index in [0.717, 1.165) is 18.7 Å². The van der Waals surface area contributed by atoms with Gasteiger partial charge in [-0.25, -0.2) is 9.78 Å². The second-order valence-corrected chi connectivity index (χ2v) is 5.80. The van der Waals surface area contributed by atoms with Gasteiger partial charge >= 0.3 is 6.03 Å². The number of rotatable bonds is 6. The third kappa shape index (κ3) is 4.13. The highest BCUT2D eigenvalue weighted by atomic mass is 16.2. The first-order chi connectivity index (χ1) is 11.7. The van der Waals surface area contributed by atoms with Gasteiger partial charge in [0, 0.05) is 44.1 Å². The molecule has 3 amide bonds. The van der Waals surface area contributed by atoms with Crippen LogP contribution in [-0.4, -0.2) is 40.6 Å². The number of para-hydroxylation sites is 1. The molecule has 1 aliphatic heterocycles. The van der Waals surface area contributed by atoms with E-state index in [1.807, 2.05) is 41.1 Å². The molecule has 0 saturated carbocycles. The van der Waals surface area contributed by atoms with Crippen LogP contribution < -0.4 is 15.5 Å². The molecule has 1 aromatic carbocycles. The normalized spacial score (nSPS) is 17.1. The van der Waals surface area contributed by atoms with Gasteiger partial charge in [0.1, 0.15) is 0 Å². The van der Waals surface area contributed by atoms with Crippen molar-refractivity contribution in [1.29, 1.82) is 0 Å². The van der Waals surface area contributed by atoms with Crippen molar-refractivity contribution in [2.75, 3.05) is 18.0 Å². The van der Waals surface area contributed by atoms with E-state index < -0.39 is 0 Å². The van der Waals surface area contributed by atoms with E-state index in [-0.39, 0.29) is 18.0 Å². The smallest absolute Gasteiger partial charge is 0.315 e. The van der Waals surface area contributed by atoms with Gasteiger partial charge in [-0.15, -0.1) is 0 Å². The number of nitrogens with one attached hydrogen (secondary N) is 2. The Hall–Kier alpha value is -2.83. The first kappa shape index (κ1) is 16.0. The van der Waals surface area contributed by atoms with E-state index in [4.69, 9.17) is 0 Å². The molecule has 0 spiro atoms. The molecular formula is C17H21N5O2. The molecule has 1 aliphatic rings. The van der Waals surface area contributed by atoms with Crippen LogP contribution in [-0.2, 0) is 11.3 Å². The van der Waals surface area contributed by atoms with Gasteiger partial charge in [-0.2, -0.15) is 0 Å². The lowest BCUT2D eigenvalue weighted by Crippen LogP contribution is -2.43. The molecule has 1 aromatic heterocycles. The van der Waals surface area contributed by atoms with Crippen LogP contribution >= 0.6 is 0 Å². The molecule has 24 heavy (non-hydrogen) atoms. The standard InChI is InChI=1S/C17H21N5O2/c23-16-11-14(12-22(16)15-5-2-1-3-6-15)20-17(24)19-7-4-9-21-10-8-18-13-21/h1-3,5-6,8,10,13-14H,4,7,9,11-12H2,(H2,19,20,24). The zero-order valence-electron chi connectivity index (χ0n) is 13.4. The highest BCUT2D eigenvalue weighted by Crippen LogP contribution is 2.20. The van der Waals surface area contributed by atoms with Gasteiger partial charge in [-0.3, -0.25) is 4.79 Å². The van der Waals surface area contributed by atoms with Crippen LogP contribution in [0.5, 0.6) is 0 Å². The molecule has 0 aliphatic carbocycles. The lowest BCUT2D eigenvalue weighted by Gasteiger charge is -2.17. The zero-order chi connectivity index (χ0) is 16.8. The number of amides is 3. The van der Waals surface area contributed by atoms with Crippen LogP contribution in [0.15, 0.2) is 49.1 Å². The van der Waals surface area contributed by atoms with Crippen molar-refractivity contribution in [1.82, 2.24) is 20.2 Å². The number of anilines is 1. The molecule has 7 heteroatoms. The molecule has 0 radical (unpaired) electrons. The Balaban J connectivity index is 1.40. The number of hydrogen-bond acceptors (Lipinski definition) is 3. The summed E-state index contributed by atoms with van der Waals surface area (Å²) < 4.78 is 1.97. The van der Waals surface area contributed by atoms with Crippen molar-refractivity contribution in [2.24, 2.45) is 0 Å². The number of nitrogens with zero attached hydrogens (tertiary/aromatic N) is 3. The molecule has 0 bridgehead atoms. The molecule has 126 valence electrons. The van der Waals surface area contributed by atoms with E-state index >= 15 is 0 Å². The summed E-state index contributed by atoms with van der Waals surface area (Å²) in [5.74, 6) is 0.0339. The van der Waals surface area contributed by atoms with E-state index in [9.17, 15) is 9.59 Å². The maximum absolute atomic E-state index is 12.1. The molecule has 1 unspecified atom stereocenters. The minimum Gasteiger partial charge on any atom is -0.338 e. The van der Waals surface area contributed by atoms with Gasteiger partial charge in [0.2, 0.25) is 5.91 Å². The lowest BCUT2D eigenvalue weighted by atomic mass is 10.2. The minimum absolute atomic E-state index is 0.0339. The van der Waals surface area contributed by atoms with Crippen LogP contribution in [0.4, 0.5) is 10.5 Å². The van der Waals surface area contributed by atoms with E-state index in [0.29, 0.717) is 19.5 Å². The maximum atomic E-state index is 12.1. The van der Waals surface area contributed by atoms with Crippen molar-refractivity contribution in [3.05, 3.63) is 49.1 Å². The molecule has 2 heterocycles. The summed E-state index contributed by atoms with van der Waals surface area (Å²) in [6.45, 7) is 1.89. The largest absolute Gasteiger partial charge is 0.338 e. The van der Waals surface area contributed by atoms with Crippen molar-refractivity contribution >= 4 is 17.6 Å². The third-order valence-corrected chi connectivity index (χ3v) is 3.97. The minimum atomic E-state index is -0.228. The molecule has 3 rings (SSSR count). The number of benzene rings is 1. The van der Waals surface area contributed by atoms with Crippen LogP contribution in [0, 0.1) is 0 Å². The number of imidazole rings is 1. The molecule has 1 saturated heterocycles. The monoisotopic (exact) mass is 327 g/mol. The molecule has 1 atom stereocenters. The second kappa shape index (κ2) is 7.63. The molecule has 1 fully saturated rings. The summed E-state index contributed by atoms with van der Waals surface area (Å²) in [5, 5.41) is 5.70. The highest BCUT2D eigenvalue weighted by Gasteiger charge is 2.31. The molecule has 2 aromatic rings. The Morgan fingerprint density at radius 2 is 2.12 bits per heavy atom. The Labute approximate surface area is 140 Å². The first-order valence-electron chi connectivity index (χ1n) is 8.08. The predicted octanol–water partition coefficient (Wildman–Crippen LogP) is 1.38. The Morgan fingerprint density at radius 1 is 1.29 bits per heavy atom. The van der Waals surface area contributed by atoms with Crippen molar-refractivity contribution in [3.63, 3.8) is 0 Å². The van der Waals surface area contributed by atoms with Gasteiger partial charge < -0.3 is 20.1 Å². The zero-order valence-corrected chi connectivity index (χ0v) is 13.4. The number of aromatic nitrogens is 2. The van der Waals surface area contributed by atoms with Crippen molar-refractivity contribution in [3.8, 4) is 0 Å². The summed E-state index contributed by atoms with van der Waals surface area (Å²) in [6, 6.07) is 9.12. The third-order valence-electron chi connectivity index (χ3n) is 3.97. The van der Waals surface area contributed by atoms with Gasteiger partial charge in [0.05, 0.1) is 12.4 Å². The highest BCUT2D eigenvalue weighted by molar-refractivity contribution is 5.96. The molecular weight excluding hydrogens is 306 g/mol. The molecule has 2 N–H and O–H groups in total. The van der Waals surface area contributed by atoms with E-state index in [1.54, 1.807) is 17.4 Å². The van der Waals surface area contributed by atoms with Crippen LogP contribution in [0.3, 0.4) is 0 Å². The van der Waals surface area contributed by atoms with Crippen LogP contribution in [0.1, 0.15) is 12.8 Å². The van der Waals surface area contributed by atoms with E-state index in [1.165, 1.54) is 0 Å². The van der Waals surface area contributed by atoms with Gasteiger partial charge in [0.15, 0.2) is 0 Å². The van der Waals surface area contributed by atoms with Gasteiger partial charge in [-0.1, -0.05) is 18.2 Å². The summed E-state index contributed by atoms with van der Waals surface area (Å²) in [5.41, 5.74) is 0.868. The fourth-order valence-electron chi connectivity index (χ4n) is 2.78. The summed E-state index contributed by atoms with van der Waals surface area (Å²) in [4.78, 5) is 29.7. The van der Waals surface area contributed by atoms with Gasteiger partial charge in [0.25, 0.3) is 0 Å². The number of carbonyl (C=O) groups is 2. The predicted molar refractivity (Wildman–Crippen MR) is 90.6 cm³/mol. The topological polar surface area (TPSA) is 79.3 Å². The quantitative estimate of drug-likeness (QED) is 0.787. The number of urea groups is 1. The Morgan fingerprint density at radius 3 is 2.88 bits per heavy atom.